The molecular formula is C11H15Cl. The van der Waals surface area contributed by atoms with E-state index >= 15 is 0 Å². The standard InChI is InChI=1S/C11H15Cl/c1-10-3-8-2-9(4-10)6-11(12,5-8)7-10/h2,8H,3-7H2,1H3. The highest BCUT2D eigenvalue weighted by Crippen LogP contribution is 2.60. The van der Waals surface area contributed by atoms with Gasteiger partial charge in [0.1, 0.15) is 0 Å². The first-order valence-electron chi connectivity index (χ1n) is 4.96. The average Bonchev–Trinajstić information content (AvgIpc) is 1.75. The van der Waals surface area contributed by atoms with Crippen molar-refractivity contribution in [3.05, 3.63) is 11.6 Å². The van der Waals surface area contributed by atoms with Gasteiger partial charge in [0, 0.05) is 4.87 Å². The van der Waals surface area contributed by atoms with E-state index < -0.39 is 0 Å². The fraction of sp³-hybridized carbons (Fsp3) is 0.818. The van der Waals surface area contributed by atoms with Crippen LogP contribution in [0.4, 0.5) is 0 Å². The number of rotatable bonds is 0. The third kappa shape index (κ3) is 0.907. The second-order valence-electron chi connectivity index (χ2n) is 5.49. The lowest BCUT2D eigenvalue weighted by Gasteiger charge is -2.55. The van der Waals surface area contributed by atoms with Crippen LogP contribution in [0.25, 0.3) is 0 Å². The van der Waals surface area contributed by atoms with Crippen LogP contribution in [0.1, 0.15) is 39.0 Å². The molecule has 4 aliphatic rings. The molecule has 0 spiro atoms. The lowest BCUT2D eigenvalue weighted by atomic mass is 9.54. The van der Waals surface area contributed by atoms with Gasteiger partial charge in [-0.2, -0.15) is 0 Å². The van der Waals surface area contributed by atoms with Gasteiger partial charge in [-0.3, -0.25) is 0 Å². The topological polar surface area (TPSA) is 0 Å². The molecule has 66 valence electrons. The predicted molar refractivity (Wildman–Crippen MR) is 51.3 cm³/mol. The van der Waals surface area contributed by atoms with Gasteiger partial charge in [-0.1, -0.05) is 18.6 Å². The second kappa shape index (κ2) is 1.92. The van der Waals surface area contributed by atoms with Crippen molar-refractivity contribution >= 4 is 11.6 Å². The highest BCUT2D eigenvalue weighted by Gasteiger charge is 2.51. The summed E-state index contributed by atoms with van der Waals surface area (Å²) in [6.45, 7) is 2.42. The molecule has 1 heteroatoms. The van der Waals surface area contributed by atoms with Gasteiger partial charge in [0.25, 0.3) is 0 Å². The third-order valence-electron chi connectivity index (χ3n) is 3.80. The Kier molecular flexibility index (Phi) is 1.19. The van der Waals surface area contributed by atoms with Crippen LogP contribution < -0.4 is 0 Å². The molecule has 4 bridgehead atoms. The molecule has 2 saturated carbocycles. The maximum Gasteiger partial charge on any atom is 0.0494 e. The summed E-state index contributed by atoms with van der Waals surface area (Å²) in [5, 5.41) is 0. The van der Waals surface area contributed by atoms with E-state index in [-0.39, 0.29) is 4.87 Å². The first kappa shape index (κ1) is 7.44. The number of halogens is 1. The fourth-order valence-electron chi connectivity index (χ4n) is 3.94. The van der Waals surface area contributed by atoms with Gasteiger partial charge in [-0.05, 0) is 43.4 Å². The molecule has 0 aromatic carbocycles. The average molecular weight is 183 g/mol. The van der Waals surface area contributed by atoms with Crippen molar-refractivity contribution in [1.29, 1.82) is 0 Å². The molecule has 0 nitrogen and oxygen atoms in total. The molecule has 3 atom stereocenters. The molecule has 0 radical (unpaired) electrons. The molecule has 2 fully saturated rings. The van der Waals surface area contributed by atoms with Crippen molar-refractivity contribution in [1.82, 2.24) is 0 Å². The highest BCUT2D eigenvalue weighted by molar-refractivity contribution is 6.24. The quantitative estimate of drug-likeness (QED) is 0.397. The summed E-state index contributed by atoms with van der Waals surface area (Å²) in [5.74, 6) is 0.818. The summed E-state index contributed by atoms with van der Waals surface area (Å²) in [7, 11) is 0. The van der Waals surface area contributed by atoms with E-state index in [1.54, 1.807) is 5.57 Å². The van der Waals surface area contributed by atoms with Crippen LogP contribution in [-0.2, 0) is 0 Å². The van der Waals surface area contributed by atoms with Crippen LogP contribution in [0, 0.1) is 11.3 Å². The van der Waals surface area contributed by atoms with E-state index in [1.165, 1.54) is 32.1 Å². The lowest BCUT2D eigenvalue weighted by molar-refractivity contribution is 0.0959. The highest BCUT2D eigenvalue weighted by atomic mass is 35.5. The number of allylic oxidation sites excluding steroid dienone is 2. The van der Waals surface area contributed by atoms with Crippen LogP contribution in [0.3, 0.4) is 0 Å². The molecule has 0 amide bonds. The zero-order valence-corrected chi connectivity index (χ0v) is 8.32. The Morgan fingerprint density at radius 2 is 2.25 bits per heavy atom. The molecule has 0 N–H and O–H groups in total. The maximum absolute atomic E-state index is 6.58. The van der Waals surface area contributed by atoms with Gasteiger partial charge < -0.3 is 0 Å². The third-order valence-corrected chi connectivity index (χ3v) is 4.22. The van der Waals surface area contributed by atoms with Crippen molar-refractivity contribution in [3.8, 4) is 0 Å². The van der Waals surface area contributed by atoms with Gasteiger partial charge in [-0.15, -0.1) is 11.6 Å². The van der Waals surface area contributed by atoms with Crippen LogP contribution >= 0.6 is 11.6 Å². The minimum Gasteiger partial charge on any atom is -0.119 e. The predicted octanol–water partition coefficient (Wildman–Crippen LogP) is 3.50. The van der Waals surface area contributed by atoms with E-state index in [0.29, 0.717) is 5.41 Å². The molecule has 12 heavy (non-hydrogen) atoms. The van der Waals surface area contributed by atoms with Gasteiger partial charge in [0.15, 0.2) is 0 Å². The van der Waals surface area contributed by atoms with Crippen molar-refractivity contribution in [2.24, 2.45) is 11.3 Å². The van der Waals surface area contributed by atoms with Crippen molar-refractivity contribution in [2.45, 2.75) is 43.9 Å². The minimum atomic E-state index is 0.167. The Morgan fingerprint density at radius 1 is 1.42 bits per heavy atom. The van der Waals surface area contributed by atoms with E-state index in [2.05, 4.69) is 13.0 Å². The molecule has 4 aliphatic carbocycles. The Hall–Kier alpha value is 0.0300. The molecule has 0 aromatic heterocycles. The number of alkyl halides is 1. The van der Waals surface area contributed by atoms with Crippen molar-refractivity contribution in [2.75, 3.05) is 0 Å². The summed E-state index contributed by atoms with van der Waals surface area (Å²) < 4.78 is 0. The minimum absolute atomic E-state index is 0.167. The summed E-state index contributed by atoms with van der Waals surface area (Å²) in [6.07, 6.45) is 8.91. The summed E-state index contributed by atoms with van der Waals surface area (Å²) >= 11 is 6.58. The molecule has 0 aliphatic heterocycles. The lowest BCUT2D eigenvalue weighted by Crippen LogP contribution is -2.47. The fourth-order valence-corrected chi connectivity index (χ4v) is 4.63. The molecule has 3 unspecified atom stereocenters. The molecule has 4 rings (SSSR count). The zero-order chi connectivity index (χ0) is 8.40. The van der Waals surface area contributed by atoms with Crippen LogP contribution in [0.5, 0.6) is 0 Å². The Labute approximate surface area is 79.0 Å². The number of hydrogen-bond acceptors (Lipinski definition) is 0. The molecule has 0 saturated heterocycles. The van der Waals surface area contributed by atoms with E-state index in [1.807, 2.05) is 0 Å². The molecule has 0 aromatic rings. The normalized spacial score (nSPS) is 55.8. The Morgan fingerprint density at radius 3 is 2.83 bits per heavy atom. The van der Waals surface area contributed by atoms with Crippen molar-refractivity contribution in [3.63, 3.8) is 0 Å². The summed E-state index contributed by atoms with van der Waals surface area (Å²) in [6, 6.07) is 0. The molecule has 0 heterocycles. The first-order valence-corrected chi connectivity index (χ1v) is 5.33. The van der Waals surface area contributed by atoms with Gasteiger partial charge in [-0.25, -0.2) is 0 Å². The SMILES string of the molecule is CC12CC3=CC(C1)CC(Cl)(C3)C2. The smallest absolute Gasteiger partial charge is 0.0494 e. The Bertz CT molecular complexity index is 246. The number of hydrogen-bond donors (Lipinski definition) is 0. The zero-order valence-electron chi connectivity index (χ0n) is 7.57. The van der Waals surface area contributed by atoms with E-state index in [0.717, 1.165) is 5.92 Å². The summed E-state index contributed by atoms with van der Waals surface area (Å²) in [5.41, 5.74) is 2.22. The Balaban J connectivity index is 2.09. The second-order valence-corrected chi connectivity index (χ2v) is 6.29. The maximum atomic E-state index is 6.58. The molecular weight excluding hydrogens is 168 g/mol. The van der Waals surface area contributed by atoms with E-state index in [9.17, 15) is 0 Å². The van der Waals surface area contributed by atoms with Crippen LogP contribution in [0.15, 0.2) is 11.6 Å². The van der Waals surface area contributed by atoms with Crippen LogP contribution in [0.2, 0.25) is 0 Å². The first-order chi connectivity index (χ1) is 5.57. The monoisotopic (exact) mass is 182 g/mol. The van der Waals surface area contributed by atoms with Gasteiger partial charge >= 0.3 is 0 Å². The van der Waals surface area contributed by atoms with Gasteiger partial charge in [0.05, 0.1) is 0 Å². The van der Waals surface area contributed by atoms with Crippen LogP contribution in [-0.4, -0.2) is 4.87 Å². The van der Waals surface area contributed by atoms with Gasteiger partial charge in [0.2, 0.25) is 0 Å². The van der Waals surface area contributed by atoms with Crippen molar-refractivity contribution < 1.29 is 0 Å². The summed E-state index contributed by atoms with van der Waals surface area (Å²) in [4.78, 5) is 0.167. The largest absolute Gasteiger partial charge is 0.119 e. The van der Waals surface area contributed by atoms with E-state index in [4.69, 9.17) is 11.6 Å².